The van der Waals surface area contributed by atoms with Gasteiger partial charge in [-0.2, -0.15) is 0 Å². The molecule has 1 fully saturated rings. The van der Waals surface area contributed by atoms with Crippen molar-refractivity contribution in [2.45, 2.75) is 19.3 Å². The number of carbonyl (C=O) groups is 2. The van der Waals surface area contributed by atoms with Gasteiger partial charge in [0.15, 0.2) is 0 Å². The van der Waals surface area contributed by atoms with Crippen LogP contribution in [0.4, 0.5) is 15.8 Å². The number of likely N-dealkylation sites (tertiary alicyclic amines) is 1. The Kier molecular flexibility index (Phi) is 7.24. The van der Waals surface area contributed by atoms with Gasteiger partial charge in [0.2, 0.25) is 5.91 Å². The lowest BCUT2D eigenvalue weighted by molar-refractivity contribution is -0.117. The molecule has 30 heavy (non-hydrogen) atoms. The van der Waals surface area contributed by atoms with Gasteiger partial charge in [-0.3, -0.25) is 14.5 Å². The van der Waals surface area contributed by atoms with Crippen LogP contribution in [0, 0.1) is 5.82 Å². The van der Waals surface area contributed by atoms with E-state index in [2.05, 4.69) is 15.5 Å². The summed E-state index contributed by atoms with van der Waals surface area (Å²) in [5.41, 5.74) is 0.965. The Labute approximate surface area is 175 Å². The second-order valence-corrected chi connectivity index (χ2v) is 7.10. The maximum Gasteiger partial charge on any atom is 0.255 e. The molecule has 2 amide bonds. The van der Waals surface area contributed by atoms with E-state index in [1.165, 1.54) is 38.8 Å². The molecule has 0 saturated carbocycles. The van der Waals surface area contributed by atoms with Crippen LogP contribution in [-0.4, -0.2) is 50.6 Å². The Bertz CT molecular complexity index is 913. The van der Waals surface area contributed by atoms with E-state index < -0.39 is 11.7 Å². The minimum Gasteiger partial charge on any atom is -0.494 e. The first-order valence-corrected chi connectivity index (χ1v) is 9.85. The molecule has 0 unspecified atom stereocenters. The van der Waals surface area contributed by atoms with Gasteiger partial charge in [0.1, 0.15) is 17.3 Å². The van der Waals surface area contributed by atoms with Crippen molar-refractivity contribution in [1.82, 2.24) is 4.90 Å². The summed E-state index contributed by atoms with van der Waals surface area (Å²) in [6.45, 7) is 2.14. The van der Waals surface area contributed by atoms with Crippen molar-refractivity contribution in [3.05, 3.63) is 47.8 Å². The fraction of sp³-hybridized carbons (Fsp3) is 0.364. The minimum absolute atomic E-state index is 0.145. The number of methoxy groups -OCH3 is 2. The number of rotatable bonds is 7. The maximum atomic E-state index is 13.4. The number of hydrogen-bond acceptors (Lipinski definition) is 5. The lowest BCUT2D eigenvalue weighted by Gasteiger charge is -2.25. The summed E-state index contributed by atoms with van der Waals surface area (Å²) >= 11 is 0. The molecular weight excluding hydrogens is 389 g/mol. The molecule has 1 aliphatic heterocycles. The second-order valence-electron chi connectivity index (χ2n) is 7.10. The van der Waals surface area contributed by atoms with Crippen molar-refractivity contribution in [2.24, 2.45) is 0 Å². The van der Waals surface area contributed by atoms with Crippen molar-refractivity contribution in [3.8, 4) is 11.5 Å². The van der Waals surface area contributed by atoms with Crippen LogP contribution in [0.2, 0.25) is 0 Å². The van der Waals surface area contributed by atoms with Crippen LogP contribution in [-0.2, 0) is 4.79 Å². The average Bonchev–Trinajstić information content (AvgIpc) is 2.75. The third-order valence-corrected chi connectivity index (χ3v) is 4.95. The number of nitrogens with zero attached hydrogens (tertiary/aromatic N) is 1. The Morgan fingerprint density at radius 2 is 1.60 bits per heavy atom. The largest absolute Gasteiger partial charge is 0.494 e. The van der Waals surface area contributed by atoms with Gasteiger partial charge in [-0.15, -0.1) is 0 Å². The summed E-state index contributed by atoms with van der Waals surface area (Å²) in [5.74, 6) is -0.421. The smallest absolute Gasteiger partial charge is 0.255 e. The molecule has 0 bridgehead atoms. The molecule has 160 valence electrons. The Hall–Kier alpha value is -3.13. The third kappa shape index (κ3) is 5.48. The van der Waals surface area contributed by atoms with Gasteiger partial charge >= 0.3 is 0 Å². The predicted molar refractivity (Wildman–Crippen MR) is 113 cm³/mol. The molecule has 0 aliphatic carbocycles. The van der Waals surface area contributed by atoms with E-state index in [0.29, 0.717) is 29.4 Å². The van der Waals surface area contributed by atoms with Gasteiger partial charge in [-0.25, -0.2) is 4.39 Å². The van der Waals surface area contributed by atoms with E-state index in [9.17, 15) is 14.0 Å². The lowest BCUT2D eigenvalue weighted by atomic mass is 10.1. The zero-order valence-corrected chi connectivity index (χ0v) is 17.2. The zero-order valence-electron chi connectivity index (χ0n) is 17.2. The number of piperidine rings is 1. The molecular formula is C22H26FN3O4. The highest BCUT2D eigenvalue weighted by atomic mass is 19.1. The van der Waals surface area contributed by atoms with E-state index in [-0.39, 0.29) is 11.5 Å². The highest BCUT2D eigenvalue weighted by molar-refractivity contribution is 6.05. The van der Waals surface area contributed by atoms with Crippen LogP contribution in [0.15, 0.2) is 36.4 Å². The monoisotopic (exact) mass is 415 g/mol. The number of hydrogen-bond donors (Lipinski definition) is 2. The first kappa shape index (κ1) is 21.6. The molecule has 1 heterocycles. The van der Waals surface area contributed by atoms with Gasteiger partial charge in [0.25, 0.3) is 5.91 Å². The number of ether oxygens (including phenoxy) is 2. The third-order valence-electron chi connectivity index (χ3n) is 4.95. The van der Waals surface area contributed by atoms with Gasteiger partial charge in [-0.1, -0.05) is 12.5 Å². The molecule has 0 atom stereocenters. The summed E-state index contributed by atoms with van der Waals surface area (Å²) in [4.78, 5) is 27.1. The van der Waals surface area contributed by atoms with Crippen LogP contribution >= 0.6 is 0 Å². The molecule has 3 rings (SSSR count). The van der Waals surface area contributed by atoms with Crippen LogP contribution in [0.5, 0.6) is 11.5 Å². The molecule has 8 heteroatoms. The Morgan fingerprint density at radius 3 is 2.20 bits per heavy atom. The second kappa shape index (κ2) is 10.1. The van der Waals surface area contributed by atoms with Crippen molar-refractivity contribution >= 4 is 23.2 Å². The Balaban J connectivity index is 1.76. The number of benzene rings is 2. The molecule has 2 aromatic rings. The predicted octanol–water partition coefficient (Wildman–Crippen LogP) is 3.52. The molecule has 1 aliphatic rings. The average molecular weight is 415 g/mol. The first-order valence-electron chi connectivity index (χ1n) is 9.85. The molecule has 1 saturated heterocycles. The fourth-order valence-corrected chi connectivity index (χ4v) is 3.43. The molecule has 0 spiro atoms. The first-order chi connectivity index (χ1) is 14.5. The van der Waals surface area contributed by atoms with E-state index >= 15 is 0 Å². The minimum atomic E-state index is -0.501. The highest BCUT2D eigenvalue weighted by Crippen LogP contribution is 2.36. The summed E-state index contributed by atoms with van der Waals surface area (Å²) < 4.78 is 24.2. The Morgan fingerprint density at radius 1 is 0.967 bits per heavy atom. The zero-order chi connectivity index (χ0) is 21.5. The number of anilines is 2. The van der Waals surface area contributed by atoms with Crippen molar-refractivity contribution in [1.29, 1.82) is 0 Å². The van der Waals surface area contributed by atoms with Gasteiger partial charge in [-0.05, 0) is 44.1 Å². The normalized spacial score (nSPS) is 14.1. The van der Waals surface area contributed by atoms with E-state index in [0.717, 1.165) is 32.0 Å². The molecule has 0 radical (unpaired) electrons. The van der Waals surface area contributed by atoms with E-state index in [4.69, 9.17) is 9.47 Å². The molecule has 2 N–H and O–H groups in total. The highest BCUT2D eigenvalue weighted by Gasteiger charge is 2.18. The fourth-order valence-electron chi connectivity index (χ4n) is 3.43. The van der Waals surface area contributed by atoms with Crippen molar-refractivity contribution < 1.29 is 23.5 Å². The van der Waals surface area contributed by atoms with Crippen LogP contribution < -0.4 is 20.1 Å². The lowest BCUT2D eigenvalue weighted by Crippen LogP contribution is -2.36. The van der Waals surface area contributed by atoms with Crippen LogP contribution in [0.1, 0.15) is 29.6 Å². The van der Waals surface area contributed by atoms with E-state index in [1.54, 1.807) is 12.1 Å². The van der Waals surface area contributed by atoms with Crippen molar-refractivity contribution in [3.63, 3.8) is 0 Å². The summed E-state index contributed by atoms with van der Waals surface area (Å²) in [6, 6.07) is 8.54. The molecule has 7 nitrogen and oxygen atoms in total. The SMILES string of the molecule is COc1cc(NC(=O)c2cccc(F)c2)c(OC)cc1NC(=O)CN1CCCCC1. The number of halogens is 1. The maximum absolute atomic E-state index is 13.4. The van der Waals surface area contributed by atoms with Gasteiger partial charge in [0, 0.05) is 17.7 Å². The standard InChI is InChI=1S/C22H26FN3O4/c1-29-19-13-18(25-22(28)15-7-6-8-16(23)11-15)20(30-2)12-17(19)24-21(27)14-26-9-4-3-5-10-26/h6-8,11-13H,3-5,9-10,14H2,1-2H3,(H,24,27)(H,25,28). The van der Waals surface area contributed by atoms with Crippen molar-refractivity contribution in [2.75, 3.05) is 44.5 Å². The number of carbonyl (C=O) groups excluding carboxylic acids is 2. The van der Waals surface area contributed by atoms with E-state index in [1.807, 2.05) is 0 Å². The summed E-state index contributed by atoms with van der Waals surface area (Å²) in [7, 11) is 2.93. The number of amides is 2. The van der Waals surface area contributed by atoms with Gasteiger partial charge < -0.3 is 20.1 Å². The van der Waals surface area contributed by atoms with Crippen LogP contribution in [0.25, 0.3) is 0 Å². The summed E-state index contributed by atoms with van der Waals surface area (Å²) in [5, 5.41) is 5.55. The quantitative estimate of drug-likeness (QED) is 0.723. The topological polar surface area (TPSA) is 79.9 Å². The summed E-state index contributed by atoms with van der Waals surface area (Å²) in [6.07, 6.45) is 3.40. The van der Waals surface area contributed by atoms with Crippen LogP contribution in [0.3, 0.4) is 0 Å². The van der Waals surface area contributed by atoms with Gasteiger partial charge in [0.05, 0.1) is 32.1 Å². The molecule has 2 aromatic carbocycles. The number of nitrogens with one attached hydrogen (secondary N) is 2. The molecule has 0 aromatic heterocycles.